The van der Waals surface area contributed by atoms with E-state index >= 15 is 0 Å². The standard InChI is InChI=1S/C24H24N4O5S/c1-31-21-10-5-14-3-2-4-18(22(14)28-21)33-12-16-7-6-15(11-32-16)25-24(30)17-8-9-19-23(26-17)27-20(29)13-34-19/h2-5,8-10,15-16H,6-7,11-13H2,1H3,(H,25,30)(H,26,27,29)/t15-,16+/m1/s1. The van der Waals surface area contributed by atoms with Crippen molar-refractivity contribution in [3.8, 4) is 11.6 Å². The van der Waals surface area contributed by atoms with Gasteiger partial charge in [0.15, 0.2) is 0 Å². The number of benzene rings is 1. The highest BCUT2D eigenvalue weighted by molar-refractivity contribution is 8.00. The third kappa shape index (κ3) is 4.92. The summed E-state index contributed by atoms with van der Waals surface area (Å²) in [7, 11) is 1.58. The molecule has 2 N–H and O–H groups in total. The number of rotatable bonds is 6. The highest BCUT2D eigenvalue weighted by Gasteiger charge is 2.25. The summed E-state index contributed by atoms with van der Waals surface area (Å²) in [5.74, 6) is 1.60. The molecular formula is C24H24N4O5S. The number of nitrogens with zero attached hydrogens (tertiary/aromatic N) is 2. The Hall–Kier alpha value is -3.37. The third-order valence-electron chi connectivity index (χ3n) is 5.70. The first-order valence-electron chi connectivity index (χ1n) is 11.0. The lowest BCUT2D eigenvalue weighted by Gasteiger charge is -2.29. The number of carbonyl (C=O) groups excluding carboxylic acids is 2. The lowest BCUT2D eigenvalue weighted by molar-refractivity contribution is -0.113. The number of anilines is 1. The fourth-order valence-electron chi connectivity index (χ4n) is 3.92. The van der Waals surface area contributed by atoms with Gasteiger partial charge in [0.25, 0.3) is 5.91 Å². The van der Waals surface area contributed by atoms with Crippen molar-refractivity contribution in [2.45, 2.75) is 29.9 Å². The van der Waals surface area contributed by atoms with E-state index in [1.54, 1.807) is 13.2 Å². The Labute approximate surface area is 200 Å². The minimum Gasteiger partial charge on any atom is -0.489 e. The molecule has 0 unspecified atom stereocenters. The van der Waals surface area contributed by atoms with E-state index in [9.17, 15) is 9.59 Å². The van der Waals surface area contributed by atoms with Crippen LogP contribution in [-0.2, 0) is 9.53 Å². The zero-order chi connectivity index (χ0) is 23.5. The van der Waals surface area contributed by atoms with Gasteiger partial charge in [-0.2, -0.15) is 0 Å². The average molecular weight is 481 g/mol. The molecule has 176 valence electrons. The van der Waals surface area contributed by atoms with Gasteiger partial charge in [-0.1, -0.05) is 12.1 Å². The van der Waals surface area contributed by atoms with Crippen molar-refractivity contribution >= 4 is 40.3 Å². The maximum Gasteiger partial charge on any atom is 0.270 e. The lowest BCUT2D eigenvalue weighted by atomic mass is 10.1. The van der Waals surface area contributed by atoms with Gasteiger partial charge in [0, 0.05) is 11.5 Å². The molecule has 0 spiro atoms. The molecule has 9 nitrogen and oxygen atoms in total. The lowest BCUT2D eigenvalue weighted by Crippen LogP contribution is -2.44. The largest absolute Gasteiger partial charge is 0.489 e. The van der Waals surface area contributed by atoms with Crippen LogP contribution in [-0.4, -0.2) is 60.0 Å². The molecule has 0 saturated carbocycles. The summed E-state index contributed by atoms with van der Waals surface area (Å²) in [6.45, 7) is 0.779. The van der Waals surface area contributed by atoms with Crippen LogP contribution < -0.4 is 20.1 Å². The molecule has 34 heavy (non-hydrogen) atoms. The Morgan fingerprint density at radius 2 is 2.12 bits per heavy atom. The van der Waals surface area contributed by atoms with Gasteiger partial charge in [-0.05, 0) is 37.1 Å². The zero-order valence-electron chi connectivity index (χ0n) is 18.6. The molecule has 0 aliphatic carbocycles. The fraction of sp³-hybridized carbons (Fsp3) is 0.333. The van der Waals surface area contributed by atoms with Crippen molar-refractivity contribution in [3.63, 3.8) is 0 Å². The predicted molar refractivity (Wildman–Crippen MR) is 128 cm³/mol. The van der Waals surface area contributed by atoms with Crippen molar-refractivity contribution in [2.24, 2.45) is 0 Å². The number of hydrogen-bond acceptors (Lipinski definition) is 8. The Morgan fingerprint density at radius 1 is 1.21 bits per heavy atom. The molecule has 0 bridgehead atoms. The predicted octanol–water partition coefficient (Wildman–Crippen LogP) is 3.04. The summed E-state index contributed by atoms with van der Waals surface area (Å²) in [5.41, 5.74) is 1.01. The molecule has 10 heteroatoms. The fourth-order valence-corrected chi connectivity index (χ4v) is 4.67. The van der Waals surface area contributed by atoms with Crippen molar-refractivity contribution in [3.05, 3.63) is 48.2 Å². The molecular weight excluding hydrogens is 456 g/mol. The molecule has 1 fully saturated rings. The van der Waals surface area contributed by atoms with Crippen LogP contribution in [0.2, 0.25) is 0 Å². The van der Waals surface area contributed by atoms with E-state index in [-0.39, 0.29) is 29.7 Å². The minimum atomic E-state index is -0.285. The summed E-state index contributed by atoms with van der Waals surface area (Å²) in [6, 6.07) is 12.9. The number of aromatic nitrogens is 2. The third-order valence-corrected chi connectivity index (χ3v) is 6.75. The Kier molecular flexibility index (Phi) is 6.50. The first-order chi connectivity index (χ1) is 16.6. The molecule has 1 saturated heterocycles. The van der Waals surface area contributed by atoms with E-state index in [0.29, 0.717) is 36.4 Å². The molecule has 2 aromatic heterocycles. The molecule has 2 atom stereocenters. The van der Waals surface area contributed by atoms with Crippen LogP contribution in [0.1, 0.15) is 23.3 Å². The number of hydrogen-bond donors (Lipinski definition) is 2. The molecule has 4 heterocycles. The van der Waals surface area contributed by atoms with Crippen LogP contribution in [0.3, 0.4) is 0 Å². The quantitative estimate of drug-likeness (QED) is 0.554. The van der Waals surface area contributed by atoms with Crippen LogP contribution >= 0.6 is 11.8 Å². The second kappa shape index (κ2) is 9.86. The number of ether oxygens (including phenoxy) is 3. The molecule has 1 aromatic carbocycles. The number of carbonyl (C=O) groups is 2. The molecule has 2 amide bonds. The number of fused-ring (bicyclic) bond motifs is 2. The van der Waals surface area contributed by atoms with Crippen LogP contribution in [0.15, 0.2) is 47.4 Å². The first kappa shape index (κ1) is 22.4. The van der Waals surface area contributed by atoms with Gasteiger partial charge in [0.1, 0.15) is 29.4 Å². The number of pyridine rings is 2. The monoisotopic (exact) mass is 480 g/mol. The first-order valence-corrected chi connectivity index (χ1v) is 12.0. The molecule has 2 aliphatic heterocycles. The second-order valence-corrected chi connectivity index (χ2v) is 9.09. The number of nitrogens with one attached hydrogen (secondary N) is 2. The second-order valence-electron chi connectivity index (χ2n) is 8.08. The normalized spacial score (nSPS) is 19.7. The Morgan fingerprint density at radius 3 is 2.94 bits per heavy atom. The molecule has 5 rings (SSSR count). The van der Waals surface area contributed by atoms with Crippen molar-refractivity contribution in [2.75, 3.05) is 31.4 Å². The molecule has 2 aliphatic rings. The van der Waals surface area contributed by atoms with E-state index in [2.05, 4.69) is 20.6 Å². The van der Waals surface area contributed by atoms with Crippen LogP contribution in [0.25, 0.3) is 10.9 Å². The Bertz CT molecular complexity index is 1230. The van der Waals surface area contributed by atoms with Gasteiger partial charge in [0.05, 0.1) is 36.5 Å². The van der Waals surface area contributed by atoms with E-state index < -0.39 is 0 Å². The van der Waals surface area contributed by atoms with E-state index in [1.807, 2.05) is 36.4 Å². The smallest absolute Gasteiger partial charge is 0.270 e. The maximum atomic E-state index is 12.7. The van der Waals surface area contributed by atoms with Crippen LogP contribution in [0.5, 0.6) is 11.6 Å². The van der Waals surface area contributed by atoms with Crippen molar-refractivity contribution in [1.29, 1.82) is 0 Å². The zero-order valence-corrected chi connectivity index (χ0v) is 19.4. The number of methoxy groups -OCH3 is 1. The van der Waals surface area contributed by atoms with Gasteiger partial charge < -0.3 is 24.8 Å². The average Bonchev–Trinajstić information content (AvgIpc) is 2.87. The van der Waals surface area contributed by atoms with Gasteiger partial charge in [-0.25, -0.2) is 9.97 Å². The van der Waals surface area contributed by atoms with Crippen molar-refractivity contribution < 1.29 is 23.8 Å². The topological polar surface area (TPSA) is 112 Å². The summed E-state index contributed by atoms with van der Waals surface area (Å²) < 4.78 is 17.2. The highest BCUT2D eigenvalue weighted by Crippen LogP contribution is 2.30. The van der Waals surface area contributed by atoms with Gasteiger partial charge in [0.2, 0.25) is 11.8 Å². The number of thioether (sulfide) groups is 1. The molecule has 0 radical (unpaired) electrons. The summed E-state index contributed by atoms with van der Waals surface area (Å²) in [6.07, 6.45) is 1.43. The summed E-state index contributed by atoms with van der Waals surface area (Å²) in [5, 5.41) is 6.65. The van der Waals surface area contributed by atoms with Crippen molar-refractivity contribution in [1.82, 2.24) is 15.3 Å². The maximum absolute atomic E-state index is 12.7. The van der Waals surface area contributed by atoms with Crippen LogP contribution in [0, 0.1) is 0 Å². The summed E-state index contributed by atoms with van der Waals surface area (Å²) in [4.78, 5) is 33.9. The SMILES string of the molecule is COc1ccc2cccc(OC[C@@H]3CC[C@@H](NC(=O)c4ccc5c(n4)NC(=O)CS5)CO3)c2n1. The number of para-hydroxylation sites is 1. The van der Waals surface area contributed by atoms with E-state index in [4.69, 9.17) is 14.2 Å². The van der Waals surface area contributed by atoms with Gasteiger partial charge >= 0.3 is 0 Å². The molecule has 3 aromatic rings. The van der Waals surface area contributed by atoms with E-state index in [1.165, 1.54) is 11.8 Å². The minimum absolute atomic E-state index is 0.0804. The number of amides is 2. The van der Waals surface area contributed by atoms with Crippen LogP contribution in [0.4, 0.5) is 5.82 Å². The summed E-state index contributed by atoms with van der Waals surface area (Å²) >= 11 is 1.41. The highest BCUT2D eigenvalue weighted by atomic mass is 32.2. The Balaban J connectivity index is 1.14. The van der Waals surface area contributed by atoms with Gasteiger partial charge in [-0.3, -0.25) is 9.59 Å². The van der Waals surface area contributed by atoms with Gasteiger partial charge in [-0.15, -0.1) is 11.8 Å². The van der Waals surface area contributed by atoms with E-state index in [0.717, 1.165) is 28.6 Å².